The summed E-state index contributed by atoms with van der Waals surface area (Å²) in [5, 5.41) is 11.7. The molecule has 12 unspecified atom stereocenters. The standard InChI is InChI=1S/C45H71NO11.C43H67NO11.CH4/c1-11-13-15-28-16-14-17-36(56-39-21-20-35(46(6)7)26(4)53-39)25(3)40(48)34-22-31-29(33(34)24-38(47)55-28)18-19-30-32(31)23-37(42(30)52-12-2)57-45-44(51-10)43(50-9)41(49-8)27(5)54-45;1-10-11-13-26-14-12-15-34(54-37-19-18-33(44(5)6)24(3)51-37)23(2)38(46)32-20-29-27(31(32)22-36(45)53-26)16-17-28-30(29)21-35(39(28)47)55-43-42(50-9)41(49-8)40(48-7)25(4)52-43;/h13,15,18-19,22,25-33,35-37,39,41-45H,11-12,14,16-17,20-21,23-24H2,1-10H3;11,13,16-17,20,23-31,33-35,37,39-43,47H,10,12,14-15,18-19,21-22H2,1-9H3;1H4/b15-13+;13-11+;/t25-,26-,27+,28+,29?,30?,31?,32?,33?,35+,36+,37+,39?,41+,42+,43-,44-,45+;23-,24-,25+,26+,27?,28?,29?,30?,31?,33+,34+,35+,37?,39+,40+,41-,42-,43+;/m11./s1. The summed E-state index contributed by atoms with van der Waals surface area (Å²) in [5.41, 5.74) is 1.39. The van der Waals surface area contributed by atoms with E-state index in [2.05, 4.69) is 108 Å². The fraction of sp³-hybridized carbons (Fsp3) is 0.820. The number of hydrogen-bond acceptors (Lipinski definition) is 24. The number of allylic oxidation sites excluding steroid dienone is 8. The summed E-state index contributed by atoms with van der Waals surface area (Å²) in [4.78, 5) is 61.5. The van der Waals surface area contributed by atoms with Crippen molar-refractivity contribution in [2.75, 3.05) is 77.5 Å². The third-order valence-electron chi connectivity index (χ3n) is 27.2. The first-order valence-corrected chi connectivity index (χ1v) is 42.5. The third kappa shape index (κ3) is 20.6. The van der Waals surface area contributed by atoms with Crippen LogP contribution in [-0.4, -0.2) is 263 Å². The van der Waals surface area contributed by atoms with Gasteiger partial charge in [-0.05, 0) is 212 Å². The molecule has 12 aliphatic rings. The number of rotatable bonds is 22. The average Bonchev–Trinajstić information content (AvgIpc) is 1.60. The molecule has 0 spiro atoms. The molecule has 0 aromatic heterocycles. The van der Waals surface area contributed by atoms with Gasteiger partial charge in [0.05, 0.1) is 73.9 Å². The summed E-state index contributed by atoms with van der Waals surface area (Å²) in [5.74, 6) is -2.22. The van der Waals surface area contributed by atoms with Crippen LogP contribution >= 0.6 is 0 Å². The second-order valence-corrected chi connectivity index (χ2v) is 34.3. The van der Waals surface area contributed by atoms with Crippen LogP contribution in [0.1, 0.15) is 172 Å². The van der Waals surface area contributed by atoms with Gasteiger partial charge in [0.15, 0.2) is 36.7 Å². The molecule has 12 rings (SSSR count). The van der Waals surface area contributed by atoms with Gasteiger partial charge in [0, 0.05) is 96.9 Å². The highest BCUT2D eigenvalue weighted by atomic mass is 16.7. The van der Waals surface area contributed by atoms with Gasteiger partial charge in [-0.2, -0.15) is 0 Å². The molecule has 0 aromatic carbocycles. The Kier molecular flexibility index (Phi) is 33.8. The van der Waals surface area contributed by atoms with Gasteiger partial charge in [0.1, 0.15) is 48.8 Å². The molecule has 113 heavy (non-hydrogen) atoms. The number of cyclic esters (lactones) is 2. The van der Waals surface area contributed by atoms with E-state index < -0.39 is 61.2 Å². The van der Waals surface area contributed by atoms with Gasteiger partial charge in [-0.1, -0.05) is 83.7 Å². The van der Waals surface area contributed by atoms with Crippen molar-refractivity contribution in [1.82, 2.24) is 9.80 Å². The van der Waals surface area contributed by atoms with E-state index in [-0.39, 0.29) is 189 Å². The van der Waals surface area contributed by atoms with E-state index in [4.69, 9.17) is 80.5 Å². The Bertz CT molecular complexity index is 3250. The Hall–Kier alpha value is -4.00. The van der Waals surface area contributed by atoms with Crippen LogP contribution in [0.5, 0.6) is 0 Å². The van der Waals surface area contributed by atoms with Crippen molar-refractivity contribution in [2.24, 2.45) is 71.0 Å². The number of likely N-dealkylation sites (N-methyl/N-ethyl adjacent to an activating group) is 2. The summed E-state index contributed by atoms with van der Waals surface area (Å²) < 4.78 is 106. The first-order valence-electron chi connectivity index (χ1n) is 42.5. The first kappa shape index (κ1) is 91.3. The highest BCUT2D eigenvalue weighted by Gasteiger charge is 2.59. The summed E-state index contributed by atoms with van der Waals surface area (Å²) in [6.45, 7) is 18.7. The molecule has 0 bridgehead atoms. The quantitative estimate of drug-likeness (QED) is 0.0781. The molecule has 0 amide bonds. The Morgan fingerprint density at radius 3 is 1.24 bits per heavy atom. The zero-order chi connectivity index (χ0) is 80.5. The van der Waals surface area contributed by atoms with Crippen molar-refractivity contribution in [3.8, 4) is 0 Å². The van der Waals surface area contributed by atoms with Gasteiger partial charge in [0.25, 0.3) is 0 Å². The highest BCUT2D eigenvalue weighted by molar-refractivity contribution is 6.00. The number of fused-ring (bicyclic) bond motifs is 10. The van der Waals surface area contributed by atoms with E-state index in [0.29, 0.717) is 62.8 Å². The number of esters is 2. The maximum Gasteiger partial charge on any atom is 0.307 e. The molecular weight excluding hydrogens is 1450 g/mol. The van der Waals surface area contributed by atoms with E-state index in [1.165, 1.54) is 0 Å². The normalized spacial score (nSPS) is 44.4. The number of methoxy groups -OCH3 is 6. The zero-order valence-electron chi connectivity index (χ0n) is 70.5. The monoisotopic (exact) mass is 1590 g/mol. The first-order chi connectivity index (χ1) is 53.8. The zero-order valence-corrected chi connectivity index (χ0v) is 70.5. The molecular formula is C89H142N2O22. The van der Waals surface area contributed by atoms with Gasteiger partial charge in [-0.15, -0.1) is 0 Å². The lowest BCUT2D eigenvalue weighted by molar-refractivity contribution is -0.320. The van der Waals surface area contributed by atoms with Crippen molar-refractivity contribution in [3.05, 3.63) is 71.9 Å². The molecule has 1 N–H and O–H groups in total. The molecule has 0 aromatic rings. The SMILES string of the molecule is C.CC/C=C/[C@H]1CCC[C@H](OC2CC[C@H](N(C)C)[C@@H](C)O2)[C@@H](C)C(=O)C2=CC3C(C=CC4C3C[C@H](O[C@@H]3O[C@@H](C)[C@H](OC)[C@@H](OC)[C@H]3OC)[C@H]4O)C2CC(=O)O1.CC/C=C/[C@H]1CCC[C@H](OC2CC[C@H](N(C)C)[C@@H](C)O2)[C@@H](C)C(=O)C2=CC3C(C=CC4C3C[C@H](O[C@@H]3O[C@@H](C)[C@H](OC)[C@@H](OC)[C@H]3OC)[C@H]4OCC)C2CC(=O)O1. The molecule has 6 saturated heterocycles. The maximum atomic E-state index is 14.9. The summed E-state index contributed by atoms with van der Waals surface area (Å²) in [7, 11) is 18.1. The van der Waals surface area contributed by atoms with Gasteiger partial charge in [-0.25, -0.2) is 0 Å². The number of ether oxygens (including phenoxy) is 17. The number of Topliss-reactive ketones (excluding diaryl/α,β-unsaturated/α-hetero) is 2. The number of aliphatic hydroxyl groups excluding tert-OH is 1. The van der Waals surface area contributed by atoms with Gasteiger partial charge >= 0.3 is 11.9 Å². The number of ketones is 2. The van der Waals surface area contributed by atoms with Crippen molar-refractivity contribution in [2.45, 2.75) is 320 Å². The molecule has 2 saturated carbocycles. The van der Waals surface area contributed by atoms with Crippen LogP contribution in [-0.2, 0) is 99.7 Å². The molecule has 6 aliphatic carbocycles. The van der Waals surface area contributed by atoms with E-state index in [9.17, 15) is 24.3 Å². The smallest absolute Gasteiger partial charge is 0.307 e. The molecule has 36 atom stereocenters. The Balaban J connectivity index is 0.000000238. The molecule has 24 nitrogen and oxygen atoms in total. The van der Waals surface area contributed by atoms with Crippen molar-refractivity contribution < 1.29 is 105 Å². The van der Waals surface area contributed by atoms with E-state index in [1.807, 2.05) is 52.8 Å². The molecule has 8 fully saturated rings. The van der Waals surface area contributed by atoms with E-state index in [0.717, 1.165) is 56.9 Å². The third-order valence-corrected chi connectivity index (χ3v) is 27.2. The Labute approximate surface area is 675 Å². The van der Waals surface area contributed by atoms with Crippen LogP contribution in [0.4, 0.5) is 0 Å². The minimum atomic E-state index is -0.793. The van der Waals surface area contributed by atoms with Gasteiger partial charge in [0.2, 0.25) is 0 Å². The van der Waals surface area contributed by atoms with Gasteiger partial charge < -0.3 is 95.4 Å². The highest BCUT2D eigenvalue weighted by Crippen LogP contribution is 2.57. The van der Waals surface area contributed by atoms with E-state index in [1.54, 1.807) is 42.7 Å². The van der Waals surface area contributed by atoms with Crippen molar-refractivity contribution >= 4 is 23.5 Å². The maximum absolute atomic E-state index is 14.9. The second kappa shape index (κ2) is 41.8. The minimum Gasteiger partial charge on any atom is -0.458 e. The lowest BCUT2D eigenvalue weighted by atomic mass is 9.70. The van der Waals surface area contributed by atoms with Crippen LogP contribution in [0.2, 0.25) is 0 Å². The molecule has 6 aliphatic heterocycles. The fourth-order valence-corrected chi connectivity index (χ4v) is 21.4. The lowest BCUT2D eigenvalue weighted by Crippen LogP contribution is -2.60. The fourth-order valence-electron chi connectivity index (χ4n) is 21.4. The summed E-state index contributed by atoms with van der Waals surface area (Å²) in [6.07, 6.45) is 23.2. The number of carbonyl (C=O) groups is 4. The number of nitrogens with zero attached hydrogens (tertiary/aromatic N) is 2. The summed E-state index contributed by atoms with van der Waals surface area (Å²) in [6, 6.07) is 0.629. The van der Waals surface area contributed by atoms with E-state index >= 15 is 0 Å². The molecule has 640 valence electrons. The van der Waals surface area contributed by atoms with Crippen molar-refractivity contribution in [3.63, 3.8) is 0 Å². The predicted octanol–water partition coefficient (Wildman–Crippen LogP) is 11.7. The van der Waals surface area contributed by atoms with Crippen LogP contribution in [0.25, 0.3) is 0 Å². The second-order valence-electron chi connectivity index (χ2n) is 34.3. The largest absolute Gasteiger partial charge is 0.458 e. The topological polar surface area (TPSA) is 252 Å². The predicted molar refractivity (Wildman–Crippen MR) is 426 cm³/mol. The Morgan fingerprint density at radius 2 is 0.841 bits per heavy atom. The Morgan fingerprint density at radius 1 is 0.442 bits per heavy atom. The molecule has 6 heterocycles. The summed E-state index contributed by atoms with van der Waals surface area (Å²) >= 11 is 0. The number of aliphatic hydroxyl groups is 1. The minimum absolute atomic E-state index is 0. The average molecular weight is 1590 g/mol. The molecule has 24 heteroatoms. The van der Waals surface area contributed by atoms with Gasteiger partial charge in [-0.3, -0.25) is 19.2 Å². The van der Waals surface area contributed by atoms with Crippen LogP contribution in [0.15, 0.2) is 71.9 Å². The van der Waals surface area contributed by atoms with Crippen LogP contribution in [0.3, 0.4) is 0 Å². The lowest BCUT2D eigenvalue weighted by Gasteiger charge is -2.44. The number of carbonyl (C=O) groups excluding carboxylic acids is 4. The van der Waals surface area contributed by atoms with Crippen LogP contribution in [0, 0.1) is 71.0 Å². The van der Waals surface area contributed by atoms with Crippen LogP contribution < -0.4 is 0 Å². The van der Waals surface area contributed by atoms with Crippen molar-refractivity contribution in [1.29, 1.82) is 0 Å². The number of hydrogen-bond donors (Lipinski definition) is 1. The molecule has 0 radical (unpaired) electrons.